The third kappa shape index (κ3) is 3.60. The van der Waals surface area contributed by atoms with Crippen molar-refractivity contribution < 1.29 is 9.90 Å². The highest BCUT2D eigenvalue weighted by molar-refractivity contribution is 5.75. The zero-order chi connectivity index (χ0) is 14.4. The molecule has 110 valence electrons. The normalized spacial score (nSPS) is 23.6. The summed E-state index contributed by atoms with van der Waals surface area (Å²) in [5.41, 5.74) is 0.856. The maximum Gasteiger partial charge on any atom is 0.310 e. The molecule has 1 aromatic rings. The molecule has 3 nitrogen and oxygen atoms in total. The number of aliphatic carboxylic acids is 1. The van der Waals surface area contributed by atoms with Gasteiger partial charge in [-0.1, -0.05) is 37.3 Å². The quantitative estimate of drug-likeness (QED) is 0.866. The number of carboxylic acid groups (broad SMARTS) is 1. The molecule has 1 heterocycles. The lowest BCUT2D eigenvalue weighted by atomic mass is 9.77. The molecule has 1 N–H and O–H groups in total. The molecule has 0 amide bonds. The number of rotatable bonds is 6. The summed E-state index contributed by atoms with van der Waals surface area (Å²) in [5, 5.41) is 9.48. The van der Waals surface area contributed by atoms with Gasteiger partial charge in [-0.3, -0.25) is 4.79 Å². The minimum atomic E-state index is -0.618. The molecule has 0 aliphatic carbocycles. The van der Waals surface area contributed by atoms with Crippen LogP contribution in [0.4, 0.5) is 0 Å². The fraction of sp³-hybridized carbons (Fsp3) is 0.588. The Morgan fingerprint density at radius 3 is 2.75 bits per heavy atom. The highest BCUT2D eigenvalue weighted by atomic mass is 16.4. The molecule has 0 aromatic heterocycles. The number of likely N-dealkylation sites (tertiary alicyclic amines) is 1. The van der Waals surface area contributed by atoms with Gasteiger partial charge in [-0.25, -0.2) is 0 Å². The predicted molar refractivity (Wildman–Crippen MR) is 80.8 cm³/mol. The maximum atomic E-state index is 11.5. The molecule has 1 aliphatic heterocycles. The lowest BCUT2D eigenvalue weighted by molar-refractivity contribution is -0.152. The second-order valence-corrected chi connectivity index (χ2v) is 5.91. The van der Waals surface area contributed by atoms with Crippen LogP contribution in [0.25, 0.3) is 0 Å². The molecule has 1 aliphatic rings. The van der Waals surface area contributed by atoms with Crippen LogP contribution in [0.2, 0.25) is 0 Å². The number of carboxylic acids is 1. The average molecular weight is 275 g/mol. The lowest BCUT2D eigenvalue weighted by Crippen LogP contribution is -2.47. The Labute approximate surface area is 121 Å². The van der Waals surface area contributed by atoms with Gasteiger partial charge in [0.25, 0.3) is 0 Å². The fourth-order valence-electron chi connectivity index (χ4n) is 3.18. The average Bonchev–Trinajstić information content (AvgIpc) is 2.48. The molecule has 0 saturated carbocycles. The molecule has 0 bridgehead atoms. The molecule has 2 rings (SSSR count). The monoisotopic (exact) mass is 275 g/mol. The number of carbonyl (C=O) groups is 1. The molecule has 3 heteroatoms. The Bertz CT molecular complexity index is 432. The first-order valence-corrected chi connectivity index (χ1v) is 7.66. The van der Waals surface area contributed by atoms with E-state index in [0.717, 1.165) is 45.2 Å². The van der Waals surface area contributed by atoms with Crippen molar-refractivity contribution in [2.24, 2.45) is 5.41 Å². The van der Waals surface area contributed by atoms with Gasteiger partial charge >= 0.3 is 5.97 Å². The molecular formula is C17H25NO2. The smallest absolute Gasteiger partial charge is 0.310 e. The highest BCUT2D eigenvalue weighted by Crippen LogP contribution is 2.33. The third-order valence-electron chi connectivity index (χ3n) is 4.57. The van der Waals surface area contributed by atoms with Crippen molar-refractivity contribution in [3.63, 3.8) is 0 Å². The van der Waals surface area contributed by atoms with Crippen molar-refractivity contribution in [3.05, 3.63) is 35.9 Å². The first-order chi connectivity index (χ1) is 9.66. The van der Waals surface area contributed by atoms with Crippen LogP contribution >= 0.6 is 0 Å². The molecule has 20 heavy (non-hydrogen) atoms. The minimum absolute atomic E-state index is 0.509. The molecule has 1 unspecified atom stereocenters. The van der Waals surface area contributed by atoms with Gasteiger partial charge in [-0.15, -0.1) is 0 Å². The van der Waals surface area contributed by atoms with Crippen LogP contribution in [-0.4, -0.2) is 35.6 Å². The number of aryl methyl sites for hydroxylation is 1. The number of nitrogens with zero attached hydrogens (tertiary/aromatic N) is 1. The van der Waals surface area contributed by atoms with Crippen LogP contribution in [0, 0.1) is 5.41 Å². The summed E-state index contributed by atoms with van der Waals surface area (Å²) in [5.74, 6) is -0.618. The summed E-state index contributed by atoms with van der Waals surface area (Å²) >= 11 is 0. The largest absolute Gasteiger partial charge is 0.481 e. The minimum Gasteiger partial charge on any atom is -0.481 e. The van der Waals surface area contributed by atoms with E-state index >= 15 is 0 Å². The second kappa shape index (κ2) is 6.89. The van der Waals surface area contributed by atoms with Crippen molar-refractivity contribution in [1.29, 1.82) is 0 Å². The van der Waals surface area contributed by atoms with Crippen molar-refractivity contribution in [3.8, 4) is 0 Å². The zero-order valence-corrected chi connectivity index (χ0v) is 12.3. The van der Waals surface area contributed by atoms with E-state index in [9.17, 15) is 9.90 Å². The van der Waals surface area contributed by atoms with Crippen molar-refractivity contribution in [2.75, 3.05) is 19.6 Å². The summed E-state index contributed by atoms with van der Waals surface area (Å²) in [6.45, 7) is 4.77. The van der Waals surface area contributed by atoms with Gasteiger partial charge < -0.3 is 10.0 Å². The van der Waals surface area contributed by atoms with E-state index in [-0.39, 0.29) is 0 Å². The van der Waals surface area contributed by atoms with Crippen molar-refractivity contribution >= 4 is 5.97 Å². The summed E-state index contributed by atoms with van der Waals surface area (Å²) in [6, 6.07) is 10.5. The van der Waals surface area contributed by atoms with Crippen molar-refractivity contribution in [1.82, 2.24) is 4.90 Å². The Morgan fingerprint density at radius 2 is 2.10 bits per heavy atom. The van der Waals surface area contributed by atoms with Gasteiger partial charge in [0.1, 0.15) is 0 Å². The van der Waals surface area contributed by atoms with E-state index in [0.29, 0.717) is 6.54 Å². The molecule has 1 saturated heterocycles. The molecule has 1 aromatic carbocycles. The Kier molecular flexibility index (Phi) is 5.18. The fourth-order valence-corrected chi connectivity index (χ4v) is 3.18. The van der Waals surface area contributed by atoms with E-state index in [1.807, 2.05) is 13.0 Å². The molecule has 0 radical (unpaired) electrons. The summed E-state index contributed by atoms with van der Waals surface area (Å²) < 4.78 is 0. The van der Waals surface area contributed by atoms with Gasteiger partial charge in [0.15, 0.2) is 0 Å². The standard InChI is InChI=1S/C17H25NO2/c1-2-17(16(19)20)11-7-13-18(14-17)12-6-10-15-8-4-3-5-9-15/h3-5,8-9H,2,6-7,10-14H2,1H3,(H,19,20). The van der Waals surface area contributed by atoms with Crippen LogP contribution in [0.1, 0.15) is 38.2 Å². The van der Waals surface area contributed by atoms with Crippen LogP contribution in [0.3, 0.4) is 0 Å². The SMILES string of the molecule is CCC1(C(=O)O)CCCN(CCCc2ccccc2)C1. The maximum absolute atomic E-state index is 11.5. The molecule has 1 fully saturated rings. The van der Waals surface area contributed by atoms with E-state index in [1.165, 1.54) is 5.56 Å². The number of benzene rings is 1. The van der Waals surface area contributed by atoms with Gasteiger partial charge in [0, 0.05) is 6.54 Å². The van der Waals surface area contributed by atoms with Crippen LogP contribution < -0.4 is 0 Å². The Hall–Kier alpha value is -1.35. The summed E-state index contributed by atoms with van der Waals surface area (Å²) in [4.78, 5) is 13.9. The number of hydrogen-bond acceptors (Lipinski definition) is 2. The van der Waals surface area contributed by atoms with Gasteiger partial charge in [0.2, 0.25) is 0 Å². The third-order valence-corrected chi connectivity index (χ3v) is 4.57. The Morgan fingerprint density at radius 1 is 1.35 bits per heavy atom. The number of hydrogen-bond donors (Lipinski definition) is 1. The topological polar surface area (TPSA) is 40.5 Å². The van der Waals surface area contributed by atoms with Gasteiger partial charge in [-0.2, -0.15) is 0 Å². The molecule has 0 spiro atoms. The molecular weight excluding hydrogens is 250 g/mol. The molecule has 1 atom stereocenters. The van der Waals surface area contributed by atoms with E-state index < -0.39 is 11.4 Å². The summed E-state index contributed by atoms with van der Waals surface area (Å²) in [6.07, 6.45) is 4.74. The predicted octanol–water partition coefficient (Wildman–Crippen LogP) is 3.20. The van der Waals surface area contributed by atoms with Crippen LogP contribution in [0.5, 0.6) is 0 Å². The first kappa shape index (κ1) is 15.0. The number of piperidine rings is 1. The van der Waals surface area contributed by atoms with Crippen LogP contribution in [-0.2, 0) is 11.2 Å². The Balaban J connectivity index is 1.83. The first-order valence-electron chi connectivity index (χ1n) is 7.66. The van der Waals surface area contributed by atoms with E-state index in [1.54, 1.807) is 0 Å². The highest BCUT2D eigenvalue weighted by Gasteiger charge is 2.40. The lowest BCUT2D eigenvalue weighted by Gasteiger charge is -2.39. The van der Waals surface area contributed by atoms with Gasteiger partial charge in [-0.05, 0) is 50.8 Å². The van der Waals surface area contributed by atoms with Crippen LogP contribution in [0.15, 0.2) is 30.3 Å². The summed E-state index contributed by atoms with van der Waals surface area (Å²) in [7, 11) is 0. The van der Waals surface area contributed by atoms with Crippen molar-refractivity contribution in [2.45, 2.75) is 39.0 Å². The van der Waals surface area contributed by atoms with Gasteiger partial charge in [0.05, 0.1) is 5.41 Å². The van der Waals surface area contributed by atoms with E-state index in [4.69, 9.17) is 0 Å². The second-order valence-electron chi connectivity index (χ2n) is 5.91. The zero-order valence-electron chi connectivity index (χ0n) is 12.3. The van der Waals surface area contributed by atoms with E-state index in [2.05, 4.69) is 29.2 Å².